The first-order valence-electron chi connectivity index (χ1n) is 10.4. The largest absolute Gasteiger partial charge is 0.466 e. The van der Waals surface area contributed by atoms with Gasteiger partial charge in [0.25, 0.3) is 5.91 Å². The van der Waals surface area contributed by atoms with Gasteiger partial charge in [-0.15, -0.1) is 11.3 Å². The zero-order valence-electron chi connectivity index (χ0n) is 16.7. The molecule has 2 aliphatic rings. The molecule has 0 spiro atoms. The van der Waals surface area contributed by atoms with Crippen LogP contribution in [0.15, 0.2) is 6.07 Å². The van der Waals surface area contributed by atoms with Crippen molar-refractivity contribution in [1.29, 1.82) is 0 Å². The van der Waals surface area contributed by atoms with Crippen molar-refractivity contribution in [2.75, 3.05) is 32.8 Å². The lowest BCUT2D eigenvalue weighted by Gasteiger charge is -2.30. The van der Waals surface area contributed by atoms with Gasteiger partial charge >= 0.3 is 5.97 Å². The van der Waals surface area contributed by atoms with Crippen molar-refractivity contribution in [2.45, 2.75) is 64.8 Å². The monoisotopic (exact) mass is 392 g/mol. The molecule has 6 heteroatoms. The second-order valence-corrected chi connectivity index (χ2v) is 8.63. The summed E-state index contributed by atoms with van der Waals surface area (Å²) in [5.41, 5.74) is 1.36. The lowest BCUT2D eigenvalue weighted by Crippen LogP contribution is -2.43. The molecule has 2 heterocycles. The van der Waals surface area contributed by atoms with E-state index in [1.807, 2.05) is 11.8 Å². The minimum Gasteiger partial charge on any atom is -0.466 e. The van der Waals surface area contributed by atoms with Gasteiger partial charge in [0.05, 0.1) is 17.9 Å². The topological polar surface area (TPSA) is 49.9 Å². The Morgan fingerprint density at radius 2 is 2.07 bits per heavy atom. The van der Waals surface area contributed by atoms with Crippen molar-refractivity contribution >= 4 is 23.2 Å². The van der Waals surface area contributed by atoms with Gasteiger partial charge in [-0.1, -0.05) is 6.92 Å². The van der Waals surface area contributed by atoms with Crippen molar-refractivity contribution < 1.29 is 14.3 Å². The molecule has 0 bridgehead atoms. The number of aryl methyl sites for hydroxylation is 2. The van der Waals surface area contributed by atoms with Crippen LogP contribution in [0.25, 0.3) is 0 Å². The molecule has 3 rings (SSSR count). The van der Waals surface area contributed by atoms with E-state index in [1.54, 1.807) is 11.3 Å². The van der Waals surface area contributed by atoms with E-state index < -0.39 is 0 Å². The van der Waals surface area contributed by atoms with Gasteiger partial charge in [0.15, 0.2) is 0 Å². The number of likely N-dealkylation sites (N-methyl/N-ethyl adjacent to an activating group) is 1. The van der Waals surface area contributed by atoms with Crippen LogP contribution in [0.2, 0.25) is 0 Å². The standard InChI is InChI=1S/C21H32N2O3S/c1-3-22-12-7-9-17(22)15-23(13-11-20(24)26-4-2)21(25)19-14-16-8-5-6-10-18(16)27-19/h14,17H,3-13,15H2,1-2H3. The number of hydrogen-bond acceptors (Lipinski definition) is 5. The zero-order chi connectivity index (χ0) is 19.2. The summed E-state index contributed by atoms with van der Waals surface area (Å²) in [5.74, 6) is -0.138. The fourth-order valence-electron chi connectivity index (χ4n) is 4.26. The highest BCUT2D eigenvalue weighted by Crippen LogP contribution is 2.30. The Labute approximate surface area is 166 Å². The summed E-state index contributed by atoms with van der Waals surface area (Å²) in [6.45, 7) is 7.64. The Kier molecular flexibility index (Phi) is 7.30. The van der Waals surface area contributed by atoms with Crippen LogP contribution < -0.4 is 0 Å². The number of nitrogens with zero attached hydrogens (tertiary/aromatic N) is 2. The molecule has 1 aromatic heterocycles. The molecule has 0 aromatic carbocycles. The fraction of sp³-hybridized carbons (Fsp3) is 0.714. The minimum absolute atomic E-state index is 0.0849. The van der Waals surface area contributed by atoms with Crippen molar-refractivity contribution in [3.8, 4) is 0 Å². The third kappa shape index (κ3) is 5.11. The van der Waals surface area contributed by atoms with Crippen LogP contribution in [0.5, 0.6) is 0 Å². The Morgan fingerprint density at radius 1 is 1.26 bits per heavy atom. The number of amides is 1. The lowest BCUT2D eigenvalue weighted by molar-refractivity contribution is -0.143. The second-order valence-electron chi connectivity index (χ2n) is 7.50. The van der Waals surface area contributed by atoms with Crippen LogP contribution in [0.3, 0.4) is 0 Å². The Hall–Kier alpha value is -1.40. The predicted octanol–water partition coefficient (Wildman–Crippen LogP) is 3.51. The van der Waals surface area contributed by atoms with Crippen LogP contribution in [-0.4, -0.2) is 60.5 Å². The van der Waals surface area contributed by atoms with Gasteiger partial charge in [-0.2, -0.15) is 0 Å². The average molecular weight is 393 g/mol. The van der Waals surface area contributed by atoms with E-state index in [2.05, 4.69) is 17.9 Å². The molecule has 0 saturated carbocycles. The van der Waals surface area contributed by atoms with Crippen LogP contribution in [0.4, 0.5) is 0 Å². The molecular formula is C21H32N2O3S. The quantitative estimate of drug-likeness (QED) is 0.635. The molecule has 27 heavy (non-hydrogen) atoms. The highest BCUT2D eigenvalue weighted by molar-refractivity contribution is 7.14. The third-order valence-corrected chi connectivity index (χ3v) is 6.95. The maximum atomic E-state index is 13.3. The third-order valence-electron chi connectivity index (χ3n) is 5.72. The van der Waals surface area contributed by atoms with Gasteiger partial charge in [-0.3, -0.25) is 14.5 Å². The molecule has 1 saturated heterocycles. The average Bonchev–Trinajstić information content (AvgIpc) is 3.30. The molecule has 5 nitrogen and oxygen atoms in total. The number of esters is 1. The van der Waals surface area contributed by atoms with E-state index in [-0.39, 0.29) is 18.3 Å². The first-order chi connectivity index (χ1) is 13.1. The van der Waals surface area contributed by atoms with Gasteiger partial charge in [0.2, 0.25) is 0 Å². The van der Waals surface area contributed by atoms with Crippen molar-refractivity contribution in [3.05, 3.63) is 21.4 Å². The molecule has 1 atom stereocenters. The maximum absolute atomic E-state index is 13.3. The molecule has 0 N–H and O–H groups in total. The van der Waals surface area contributed by atoms with E-state index in [0.29, 0.717) is 25.7 Å². The van der Waals surface area contributed by atoms with E-state index in [9.17, 15) is 9.59 Å². The predicted molar refractivity (Wildman–Crippen MR) is 108 cm³/mol. The molecule has 0 radical (unpaired) electrons. The van der Waals surface area contributed by atoms with Crippen molar-refractivity contribution in [1.82, 2.24) is 9.80 Å². The molecule has 1 aliphatic carbocycles. The molecule has 1 amide bonds. The first kappa shape index (κ1) is 20.3. The summed E-state index contributed by atoms with van der Waals surface area (Å²) in [7, 11) is 0. The lowest BCUT2D eigenvalue weighted by atomic mass is 9.99. The Morgan fingerprint density at radius 3 is 2.81 bits per heavy atom. The summed E-state index contributed by atoms with van der Waals surface area (Å²) in [5, 5.41) is 0. The summed E-state index contributed by atoms with van der Waals surface area (Å²) >= 11 is 1.66. The molecule has 150 valence electrons. The molecular weight excluding hydrogens is 360 g/mol. The van der Waals surface area contributed by atoms with Crippen LogP contribution in [0, 0.1) is 0 Å². The van der Waals surface area contributed by atoms with E-state index in [4.69, 9.17) is 4.74 Å². The van der Waals surface area contributed by atoms with Crippen LogP contribution >= 0.6 is 11.3 Å². The number of ether oxygens (including phenoxy) is 1. The van der Waals surface area contributed by atoms with Gasteiger partial charge < -0.3 is 9.64 Å². The van der Waals surface area contributed by atoms with Gasteiger partial charge in [-0.05, 0) is 70.2 Å². The molecule has 1 aromatic rings. The number of rotatable bonds is 8. The van der Waals surface area contributed by atoms with Gasteiger partial charge in [0.1, 0.15) is 0 Å². The van der Waals surface area contributed by atoms with Crippen LogP contribution in [-0.2, 0) is 22.4 Å². The summed E-state index contributed by atoms with van der Waals surface area (Å²) in [6.07, 6.45) is 7.21. The highest BCUT2D eigenvalue weighted by atomic mass is 32.1. The smallest absolute Gasteiger partial charge is 0.307 e. The van der Waals surface area contributed by atoms with Crippen molar-refractivity contribution in [3.63, 3.8) is 0 Å². The normalized spacial score (nSPS) is 19.7. The molecule has 1 unspecified atom stereocenters. The fourth-order valence-corrected chi connectivity index (χ4v) is 5.48. The van der Waals surface area contributed by atoms with Crippen LogP contribution in [0.1, 0.15) is 66.1 Å². The number of fused-ring (bicyclic) bond motifs is 1. The first-order valence-corrected chi connectivity index (χ1v) is 11.2. The minimum atomic E-state index is -0.223. The zero-order valence-corrected chi connectivity index (χ0v) is 17.5. The maximum Gasteiger partial charge on any atom is 0.307 e. The number of carbonyl (C=O) groups excluding carboxylic acids is 2. The SMILES string of the molecule is CCOC(=O)CCN(CC1CCCN1CC)C(=O)c1cc2c(s1)CCCC2. The van der Waals surface area contributed by atoms with E-state index in [0.717, 1.165) is 37.2 Å². The van der Waals surface area contributed by atoms with E-state index in [1.165, 1.54) is 29.7 Å². The summed E-state index contributed by atoms with van der Waals surface area (Å²) < 4.78 is 5.07. The van der Waals surface area contributed by atoms with Crippen molar-refractivity contribution in [2.24, 2.45) is 0 Å². The van der Waals surface area contributed by atoms with Gasteiger partial charge in [-0.25, -0.2) is 0 Å². The molecule has 1 fully saturated rings. The number of carbonyl (C=O) groups is 2. The second kappa shape index (κ2) is 9.69. The number of thiophene rings is 1. The summed E-state index contributed by atoms with van der Waals surface area (Å²) in [6, 6.07) is 2.50. The molecule has 1 aliphatic heterocycles. The van der Waals surface area contributed by atoms with Gasteiger partial charge in [0, 0.05) is 24.0 Å². The Balaban J connectivity index is 1.72. The number of hydrogen-bond donors (Lipinski definition) is 0. The van der Waals surface area contributed by atoms with E-state index >= 15 is 0 Å². The highest BCUT2D eigenvalue weighted by Gasteiger charge is 2.29. The summed E-state index contributed by atoms with van der Waals surface area (Å²) in [4.78, 5) is 31.7. The Bertz CT molecular complexity index is 634. The number of likely N-dealkylation sites (tertiary alicyclic amines) is 1.